The van der Waals surface area contributed by atoms with Gasteiger partial charge in [-0.15, -0.1) is 0 Å². The highest BCUT2D eigenvalue weighted by Crippen LogP contribution is 2.19. The van der Waals surface area contributed by atoms with Crippen molar-refractivity contribution < 1.29 is 19.1 Å². The predicted octanol–water partition coefficient (Wildman–Crippen LogP) is 0.142. The summed E-state index contributed by atoms with van der Waals surface area (Å²) in [5.74, 6) is -1.12. The first-order chi connectivity index (χ1) is 8.02. The molecule has 6 heteroatoms. The normalized spacial score (nSPS) is 25.9. The smallest absolute Gasteiger partial charge is 0.333 e. The first kappa shape index (κ1) is 11.8. The minimum absolute atomic E-state index is 0.0153. The number of carbonyl (C=O) groups is 3. The lowest BCUT2D eigenvalue weighted by atomic mass is 10.1. The van der Waals surface area contributed by atoms with E-state index < -0.39 is 17.8 Å². The van der Waals surface area contributed by atoms with Crippen LogP contribution in [0, 0.1) is 0 Å². The second kappa shape index (κ2) is 4.29. The van der Waals surface area contributed by atoms with Gasteiger partial charge in [0.2, 0.25) is 0 Å². The number of barbiturate groups is 1. The fraction of sp³-hybridized carbons (Fsp3) is 0.545. The lowest BCUT2D eigenvalue weighted by Gasteiger charge is -2.29. The summed E-state index contributed by atoms with van der Waals surface area (Å²) >= 11 is 0. The highest BCUT2D eigenvalue weighted by molar-refractivity contribution is 6.28. The Labute approximate surface area is 98.8 Å². The summed E-state index contributed by atoms with van der Waals surface area (Å²) in [6.45, 7) is 0.640. The highest BCUT2D eigenvalue weighted by atomic mass is 16.5. The van der Waals surface area contributed by atoms with Crippen molar-refractivity contribution in [1.82, 2.24) is 9.80 Å². The topological polar surface area (TPSA) is 66.9 Å². The van der Waals surface area contributed by atoms with E-state index in [0.29, 0.717) is 6.61 Å². The predicted molar refractivity (Wildman–Crippen MR) is 58.0 cm³/mol. The van der Waals surface area contributed by atoms with Crippen LogP contribution in [-0.2, 0) is 14.3 Å². The van der Waals surface area contributed by atoms with Crippen molar-refractivity contribution in [3.63, 3.8) is 0 Å². The molecule has 0 aromatic carbocycles. The first-order valence-electron chi connectivity index (χ1n) is 5.46. The quantitative estimate of drug-likeness (QED) is 0.481. The Morgan fingerprint density at radius 1 is 1.18 bits per heavy atom. The summed E-state index contributed by atoms with van der Waals surface area (Å²) in [5.41, 5.74) is 0.0153. The summed E-state index contributed by atoms with van der Waals surface area (Å²) < 4.78 is 5.35. The van der Waals surface area contributed by atoms with Crippen LogP contribution < -0.4 is 0 Å². The third-order valence-electron chi connectivity index (χ3n) is 2.96. The summed E-state index contributed by atoms with van der Waals surface area (Å²) in [7, 11) is 2.72. The van der Waals surface area contributed by atoms with Crippen LogP contribution in [0.4, 0.5) is 4.79 Å². The van der Waals surface area contributed by atoms with Crippen LogP contribution in [0.3, 0.4) is 0 Å². The van der Waals surface area contributed by atoms with Crippen molar-refractivity contribution >= 4 is 17.8 Å². The molecule has 0 saturated carbocycles. The summed E-state index contributed by atoms with van der Waals surface area (Å²) in [5, 5.41) is 0. The van der Waals surface area contributed by atoms with Gasteiger partial charge >= 0.3 is 6.03 Å². The van der Waals surface area contributed by atoms with Crippen molar-refractivity contribution in [1.29, 1.82) is 0 Å². The Balaban J connectivity index is 2.28. The molecule has 1 atom stereocenters. The molecule has 0 aliphatic carbocycles. The Morgan fingerprint density at radius 2 is 1.76 bits per heavy atom. The van der Waals surface area contributed by atoms with Crippen molar-refractivity contribution in [2.45, 2.75) is 18.9 Å². The maximum Gasteiger partial charge on any atom is 0.333 e. The van der Waals surface area contributed by atoms with Gasteiger partial charge < -0.3 is 4.74 Å². The molecule has 4 amide bonds. The van der Waals surface area contributed by atoms with Crippen LogP contribution in [0.25, 0.3) is 0 Å². The van der Waals surface area contributed by atoms with Gasteiger partial charge in [-0.2, -0.15) is 0 Å². The molecule has 17 heavy (non-hydrogen) atoms. The molecular formula is C11H14N2O4. The van der Waals surface area contributed by atoms with Gasteiger partial charge in [0.1, 0.15) is 5.57 Å². The number of hydrogen-bond donors (Lipinski definition) is 0. The molecule has 0 aromatic heterocycles. The van der Waals surface area contributed by atoms with E-state index in [2.05, 4.69) is 0 Å². The number of likely N-dealkylation sites (N-methyl/N-ethyl adjacent to an activating group) is 2. The van der Waals surface area contributed by atoms with Crippen molar-refractivity contribution in [3.8, 4) is 0 Å². The molecule has 0 radical (unpaired) electrons. The van der Waals surface area contributed by atoms with E-state index in [1.165, 1.54) is 20.2 Å². The zero-order chi connectivity index (χ0) is 12.6. The number of nitrogens with zero attached hydrogens (tertiary/aromatic N) is 2. The van der Waals surface area contributed by atoms with E-state index in [4.69, 9.17) is 4.74 Å². The Morgan fingerprint density at radius 3 is 2.24 bits per heavy atom. The first-order valence-corrected chi connectivity index (χ1v) is 5.46. The van der Waals surface area contributed by atoms with Gasteiger partial charge in [0, 0.05) is 20.7 Å². The fourth-order valence-corrected chi connectivity index (χ4v) is 1.91. The Kier molecular flexibility index (Phi) is 2.97. The van der Waals surface area contributed by atoms with E-state index in [1.54, 1.807) is 0 Å². The number of ether oxygens (including phenoxy) is 1. The molecular weight excluding hydrogens is 224 g/mol. The SMILES string of the molecule is CN1C(=O)C(=CC2CCCO2)C(=O)N(C)C1=O. The standard InChI is InChI=1S/C11H14N2O4/c1-12-9(14)8(6-7-4-3-5-17-7)10(15)13(2)11(12)16/h6-7H,3-5H2,1-2H3. The van der Waals surface area contributed by atoms with Crippen LogP contribution in [0.15, 0.2) is 11.6 Å². The maximum absolute atomic E-state index is 11.8. The third-order valence-corrected chi connectivity index (χ3v) is 2.96. The fourth-order valence-electron chi connectivity index (χ4n) is 1.91. The van der Waals surface area contributed by atoms with Crippen molar-refractivity contribution in [3.05, 3.63) is 11.6 Å². The summed E-state index contributed by atoms with van der Waals surface area (Å²) in [6.07, 6.45) is 3.04. The van der Waals surface area contributed by atoms with Gasteiger partial charge in [-0.25, -0.2) is 4.79 Å². The number of imide groups is 2. The minimum atomic E-state index is -0.607. The third kappa shape index (κ3) is 1.95. The largest absolute Gasteiger partial charge is 0.374 e. The van der Waals surface area contributed by atoms with Gasteiger partial charge in [-0.05, 0) is 18.9 Å². The van der Waals surface area contributed by atoms with Gasteiger partial charge in [-0.3, -0.25) is 19.4 Å². The van der Waals surface area contributed by atoms with Crippen LogP contribution in [0.5, 0.6) is 0 Å². The van der Waals surface area contributed by atoms with Crippen LogP contribution >= 0.6 is 0 Å². The highest BCUT2D eigenvalue weighted by Gasteiger charge is 2.38. The lowest BCUT2D eigenvalue weighted by Crippen LogP contribution is -2.53. The molecule has 92 valence electrons. The van der Waals surface area contributed by atoms with Crippen molar-refractivity contribution in [2.24, 2.45) is 0 Å². The second-order valence-electron chi connectivity index (χ2n) is 4.14. The molecule has 0 bridgehead atoms. The van der Waals surface area contributed by atoms with E-state index in [9.17, 15) is 14.4 Å². The average molecular weight is 238 g/mol. The van der Waals surface area contributed by atoms with Crippen LogP contribution in [0.2, 0.25) is 0 Å². The number of rotatable bonds is 1. The number of carbonyl (C=O) groups excluding carboxylic acids is 3. The van der Waals surface area contributed by atoms with E-state index >= 15 is 0 Å². The molecule has 1 unspecified atom stereocenters. The molecule has 0 aromatic rings. The van der Waals surface area contributed by atoms with Crippen LogP contribution in [-0.4, -0.2) is 54.5 Å². The van der Waals surface area contributed by atoms with E-state index in [0.717, 1.165) is 22.6 Å². The van der Waals surface area contributed by atoms with E-state index in [-0.39, 0.29) is 11.7 Å². The average Bonchev–Trinajstić information content (AvgIpc) is 2.82. The lowest BCUT2D eigenvalue weighted by molar-refractivity contribution is -0.134. The molecule has 2 aliphatic heterocycles. The van der Waals surface area contributed by atoms with Crippen LogP contribution in [0.1, 0.15) is 12.8 Å². The molecule has 2 saturated heterocycles. The molecule has 2 aliphatic rings. The minimum Gasteiger partial charge on any atom is -0.374 e. The molecule has 2 fully saturated rings. The summed E-state index contributed by atoms with van der Waals surface area (Å²) in [6, 6.07) is -0.607. The maximum atomic E-state index is 11.8. The number of hydrogen-bond acceptors (Lipinski definition) is 4. The monoisotopic (exact) mass is 238 g/mol. The van der Waals surface area contributed by atoms with Gasteiger partial charge in [0.15, 0.2) is 0 Å². The summed E-state index contributed by atoms with van der Waals surface area (Å²) in [4.78, 5) is 37.0. The molecule has 0 spiro atoms. The van der Waals surface area contributed by atoms with E-state index in [1.807, 2.05) is 0 Å². The number of amides is 4. The molecule has 6 nitrogen and oxygen atoms in total. The Hall–Kier alpha value is -1.69. The van der Waals surface area contributed by atoms with Gasteiger partial charge in [0.25, 0.3) is 11.8 Å². The molecule has 2 rings (SSSR count). The molecule has 2 heterocycles. The van der Waals surface area contributed by atoms with Gasteiger partial charge in [0.05, 0.1) is 6.10 Å². The zero-order valence-corrected chi connectivity index (χ0v) is 9.80. The van der Waals surface area contributed by atoms with Gasteiger partial charge in [-0.1, -0.05) is 0 Å². The zero-order valence-electron chi connectivity index (χ0n) is 9.80. The second-order valence-corrected chi connectivity index (χ2v) is 4.14. The van der Waals surface area contributed by atoms with Crippen molar-refractivity contribution in [2.75, 3.05) is 20.7 Å². The number of urea groups is 1. The Bertz CT molecular complexity index is 384. The molecule has 0 N–H and O–H groups in total.